The zero-order valence-electron chi connectivity index (χ0n) is 7.66. The molecule has 1 atom stereocenters. The Labute approximate surface area is 84.0 Å². The first-order valence-electron chi connectivity index (χ1n) is 4.17. The van der Waals surface area contributed by atoms with Crippen molar-refractivity contribution >= 4 is 11.6 Å². The van der Waals surface area contributed by atoms with Crippen molar-refractivity contribution in [3.8, 4) is 5.75 Å². The van der Waals surface area contributed by atoms with Crippen LogP contribution in [0.1, 0.15) is 6.92 Å². The Kier molecular flexibility index (Phi) is 3.84. The Bertz CT molecular complexity index is 269. The molecular weight excluding hydrogens is 184 g/mol. The molecule has 0 saturated heterocycles. The fourth-order valence-electron chi connectivity index (χ4n) is 0.828. The van der Waals surface area contributed by atoms with Gasteiger partial charge in [-0.2, -0.15) is 0 Å². The molecule has 2 heteroatoms. The number of hydrogen-bond acceptors (Lipinski definition) is 1. The third-order valence-corrected chi connectivity index (χ3v) is 2.17. The van der Waals surface area contributed by atoms with Crippen molar-refractivity contribution < 1.29 is 4.74 Å². The fourth-order valence-corrected chi connectivity index (χ4v) is 0.891. The Morgan fingerprint density at radius 3 is 2.62 bits per heavy atom. The lowest BCUT2D eigenvalue weighted by Crippen LogP contribution is -2.12. The van der Waals surface area contributed by atoms with Gasteiger partial charge in [0.1, 0.15) is 12.4 Å². The standard InChI is InChI=1S/C11H13ClO/c1-9(2)11(12)8-13-10-6-4-3-5-7-10/h3-7,11H,1,8H2,2H3. The molecule has 0 aliphatic carbocycles. The van der Waals surface area contributed by atoms with E-state index in [1.165, 1.54) is 0 Å². The molecule has 1 aromatic carbocycles. The maximum atomic E-state index is 5.94. The van der Waals surface area contributed by atoms with Crippen LogP contribution in [0.15, 0.2) is 42.5 Å². The fraction of sp³-hybridized carbons (Fsp3) is 0.273. The molecule has 1 rings (SSSR count). The van der Waals surface area contributed by atoms with Gasteiger partial charge >= 0.3 is 0 Å². The second-order valence-corrected chi connectivity index (χ2v) is 3.46. The van der Waals surface area contributed by atoms with Crippen LogP contribution in [0, 0.1) is 0 Å². The first-order valence-corrected chi connectivity index (χ1v) is 4.61. The maximum absolute atomic E-state index is 5.94. The van der Waals surface area contributed by atoms with E-state index in [2.05, 4.69) is 6.58 Å². The van der Waals surface area contributed by atoms with Gasteiger partial charge in [-0.25, -0.2) is 0 Å². The number of alkyl halides is 1. The van der Waals surface area contributed by atoms with Crippen LogP contribution in [0.5, 0.6) is 5.75 Å². The number of halogens is 1. The van der Waals surface area contributed by atoms with Crippen molar-refractivity contribution in [1.29, 1.82) is 0 Å². The maximum Gasteiger partial charge on any atom is 0.119 e. The van der Waals surface area contributed by atoms with Crippen molar-refractivity contribution in [3.63, 3.8) is 0 Å². The highest BCUT2D eigenvalue weighted by Crippen LogP contribution is 2.12. The largest absolute Gasteiger partial charge is 0.492 e. The Morgan fingerprint density at radius 2 is 2.08 bits per heavy atom. The number of para-hydroxylation sites is 1. The molecule has 0 heterocycles. The predicted molar refractivity (Wildman–Crippen MR) is 56.4 cm³/mol. The first kappa shape index (κ1) is 10.1. The zero-order chi connectivity index (χ0) is 9.68. The molecule has 70 valence electrons. The van der Waals surface area contributed by atoms with E-state index >= 15 is 0 Å². The van der Waals surface area contributed by atoms with E-state index in [9.17, 15) is 0 Å². The lowest BCUT2D eigenvalue weighted by atomic mass is 10.2. The van der Waals surface area contributed by atoms with E-state index < -0.39 is 0 Å². The SMILES string of the molecule is C=C(C)C(Cl)COc1ccccc1. The summed E-state index contributed by atoms with van der Waals surface area (Å²) in [6, 6.07) is 9.62. The van der Waals surface area contributed by atoms with Crippen LogP contribution in [-0.4, -0.2) is 12.0 Å². The van der Waals surface area contributed by atoms with Crippen LogP contribution in [0.25, 0.3) is 0 Å². The van der Waals surface area contributed by atoms with Gasteiger partial charge < -0.3 is 4.74 Å². The van der Waals surface area contributed by atoms with E-state index in [1.807, 2.05) is 37.3 Å². The molecule has 0 aliphatic rings. The Hall–Kier alpha value is -0.950. The summed E-state index contributed by atoms with van der Waals surface area (Å²) in [5, 5.41) is -0.111. The quantitative estimate of drug-likeness (QED) is 0.531. The van der Waals surface area contributed by atoms with Gasteiger partial charge in [-0.1, -0.05) is 30.4 Å². The van der Waals surface area contributed by atoms with Crippen molar-refractivity contribution in [2.45, 2.75) is 12.3 Å². The first-order chi connectivity index (χ1) is 6.20. The molecule has 0 spiro atoms. The van der Waals surface area contributed by atoms with Gasteiger partial charge in [-0.05, 0) is 19.1 Å². The highest BCUT2D eigenvalue weighted by Gasteiger charge is 2.04. The number of hydrogen-bond donors (Lipinski definition) is 0. The minimum atomic E-state index is -0.111. The average molecular weight is 197 g/mol. The van der Waals surface area contributed by atoms with E-state index in [0.717, 1.165) is 11.3 Å². The third-order valence-electron chi connectivity index (χ3n) is 1.67. The zero-order valence-corrected chi connectivity index (χ0v) is 8.42. The monoisotopic (exact) mass is 196 g/mol. The molecule has 0 aromatic heterocycles. The summed E-state index contributed by atoms with van der Waals surface area (Å²) >= 11 is 5.94. The second kappa shape index (κ2) is 4.93. The van der Waals surface area contributed by atoms with Gasteiger partial charge in [0, 0.05) is 0 Å². The summed E-state index contributed by atoms with van der Waals surface area (Å²) in [5.41, 5.74) is 0.928. The molecule has 0 aliphatic heterocycles. The lowest BCUT2D eigenvalue weighted by Gasteiger charge is -2.10. The molecule has 0 saturated carbocycles. The van der Waals surface area contributed by atoms with Gasteiger partial charge in [-0.15, -0.1) is 11.6 Å². The topological polar surface area (TPSA) is 9.23 Å². The predicted octanol–water partition coefficient (Wildman–Crippen LogP) is 3.25. The smallest absolute Gasteiger partial charge is 0.119 e. The summed E-state index contributed by atoms with van der Waals surface area (Å²) in [6.07, 6.45) is 0. The third kappa shape index (κ3) is 3.51. The molecule has 1 unspecified atom stereocenters. The van der Waals surface area contributed by atoms with Crippen LogP contribution in [0.2, 0.25) is 0 Å². The summed E-state index contributed by atoms with van der Waals surface area (Å²) in [7, 11) is 0. The van der Waals surface area contributed by atoms with Crippen molar-refractivity contribution in [3.05, 3.63) is 42.5 Å². The molecule has 1 nitrogen and oxygen atoms in total. The number of rotatable bonds is 4. The highest BCUT2D eigenvalue weighted by molar-refractivity contribution is 6.22. The summed E-state index contributed by atoms with van der Waals surface area (Å²) in [5.74, 6) is 0.842. The summed E-state index contributed by atoms with van der Waals surface area (Å²) < 4.78 is 5.44. The molecule has 0 amide bonds. The van der Waals surface area contributed by atoms with Crippen molar-refractivity contribution in [1.82, 2.24) is 0 Å². The number of benzene rings is 1. The van der Waals surface area contributed by atoms with Crippen molar-refractivity contribution in [2.75, 3.05) is 6.61 Å². The molecule has 13 heavy (non-hydrogen) atoms. The van der Waals surface area contributed by atoms with Gasteiger partial charge in [-0.3, -0.25) is 0 Å². The number of ether oxygens (including phenoxy) is 1. The average Bonchev–Trinajstić information content (AvgIpc) is 2.15. The van der Waals surface area contributed by atoms with Crippen LogP contribution in [0.3, 0.4) is 0 Å². The van der Waals surface area contributed by atoms with E-state index in [1.54, 1.807) is 0 Å². The van der Waals surface area contributed by atoms with Gasteiger partial charge in [0.25, 0.3) is 0 Å². The van der Waals surface area contributed by atoms with Crippen LogP contribution in [-0.2, 0) is 0 Å². The summed E-state index contributed by atoms with van der Waals surface area (Å²) in [6.45, 7) is 6.12. The van der Waals surface area contributed by atoms with Gasteiger partial charge in [0.15, 0.2) is 0 Å². The van der Waals surface area contributed by atoms with E-state index in [0.29, 0.717) is 6.61 Å². The normalized spacial score (nSPS) is 12.2. The van der Waals surface area contributed by atoms with E-state index in [-0.39, 0.29) is 5.38 Å². The molecule has 0 radical (unpaired) electrons. The minimum Gasteiger partial charge on any atom is -0.492 e. The second-order valence-electron chi connectivity index (χ2n) is 2.94. The molecule has 1 aromatic rings. The van der Waals surface area contributed by atoms with Crippen LogP contribution < -0.4 is 4.74 Å². The van der Waals surface area contributed by atoms with Crippen LogP contribution >= 0.6 is 11.6 Å². The minimum absolute atomic E-state index is 0.111. The Balaban J connectivity index is 2.39. The molecule has 0 fully saturated rings. The molecular formula is C11H13ClO. The van der Waals surface area contributed by atoms with E-state index in [4.69, 9.17) is 16.3 Å². The highest BCUT2D eigenvalue weighted by atomic mass is 35.5. The van der Waals surface area contributed by atoms with Crippen LogP contribution in [0.4, 0.5) is 0 Å². The summed E-state index contributed by atoms with van der Waals surface area (Å²) in [4.78, 5) is 0. The van der Waals surface area contributed by atoms with Crippen molar-refractivity contribution in [2.24, 2.45) is 0 Å². The van der Waals surface area contributed by atoms with Gasteiger partial charge in [0.2, 0.25) is 0 Å². The lowest BCUT2D eigenvalue weighted by molar-refractivity contribution is 0.324. The molecule has 0 bridgehead atoms. The van der Waals surface area contributed by atoms with Gasteiger partial charge in [0.05, 0.1) is 5.38 Å². The Morgan fingerprint density at radius 1 is 1.46 bits per heavy atom. The molecule has 0 N–H and O–H groups in total.